The molecule has 8 heteroatoms. The highest BCUT2D eigenvalue weighted by Gasteiger charge is 2.20. The zero-order valence-electron chi connectivity index (χ0n) is 14.7. The second kappa shape index (κ2) is 8.59. The van der Waals surface area contributed by atoms with Crippen LogP contribution in [0.2, 0.25) is 0 Å². The summed E-state index contributed by atoms with van der Waals surface area (Å²) in [5.74, 6) is -0.437. The van der Waals surface area contributed by atoms with Gasteiger partial charge < -0.3 is 14.8 Å². The van der Waals surface area contributed by atoms with Gasteiger partial charge >= 0.3 is 5.97 Å². The number of hydrogen-bond donors (Lipinski definition) is 2. The first-order valence-electron chi connectivity index (χ1n) is 8.44. The van der Waals surface area contributed by atoms with E-state index in [1.54, 1.807) is 0 Å². The summed E-state index contributed by atoms with van der Waals surface area (Å²) in [6.07, 6.45) is 0.239. The van der Waals surface area contributed by atoms with Crippen molar-refractivity contribution in [3.05, 3.63) is 58.1 Å². The lowest BCUT2D eigenvalue weighted by Crippen LogP contribution is -2.30. The minimum Gasteiger partial charge on any atom is -0.481 e. The van der Waals surface area contributed by atoms with Crippen molar-refractivity contribution in [2.75, 3.05) is 0 Å². The van der Waals surface area contributed by atoms with Crippen LogP contribution in [0, 0.1) is 6.92 Å². The lowest BCUT2D eigenvalue weighted by atomic mass is 9.98. The molecule has 0 spiro atoms. The summed E-state index contributed by atoms with van der Waals surface area (Å²) in [5.41, 5.74) is 2.58. The Morgan fingerprint density at radius 2 is 2.07 bits per heavy atom. The van der Waals surface area contributed by atoms with Gasteiger partial charge in [-0.05, 0) is 29.5 Å². The van der Waals surface area contributed by atoms with Crippen LogP contribution in [0.25, 0.3) is 11.5 Å². The van der Waals surface area contributed by atoms with Gasteiger partial charge in [0.05, 0.1) is 12.5 Å². The van der Waals surface area contributed by atoms with Crippen molar-refractivity contribution >= 4 is 23.2 Å². The molecule has 140 valence electrons. The lowest BCUT2D eigenvalue weighted by molar-refractivity contribution is -0.137. The maximum absolute atomic E-state index is 12.3. The maximum Gasteiger partial charge on any atom is 0.305 e. The number of aliphatic carboxylic acids is 1. The Morgan fingerprint density at radius 1 is 1.26 bits per heavy atom. The molecule has 1 amide bonds. The van der Waals surface area contributed by atoms with Crippen LogP contribution in [0.3, 0.4) is 0 Å². The number of nitrogens with zero attached hydrogens (tertiary/aromatic N) is 2. The molecule has 0 saturated carbocycles. The van der Waals surface area contributed by atoms with Crippen LogP contribution in [0.15, 0.2) is 45.5 Å². The normalized spacial score (nSPS) is 11.9. The topological polar surface area (TPSA) is 105 Å². The lowest BCUT2D eigenvalue weighted by Gasteiger charge is -2.19. The molecule has 1 unspecified atom stereocenters. The van der Waals surface area contributed by atoms with Crippen LogP contribution >= 0.6 is 11.3 Å². The van der Waals surface area contributed by atoms with Gasteiger partial charge in [-0.15, -0.1) is 10.2 Å². The van der Waals surface area contributed by atoms with E-state index in [0.717, 1.165) is 16.7 Å². The Bertz CT molecular complexity index is 921. The van der Waals surface area contributed by atoms with Crippen LogP contribution in [0.4, 0.5) is 0 Å². The number of aryl methyl sites for hydroxylation is 2. The van der Waals surface area contributed by atoms with Gasteiger partial charge in [0.1, 0.15) is 0 Å². The minimum absolute atomic E-state index is 0.132. The summed E-state index contributed by atoms with van der Waals surface area (Å²) in [4.78, 5) is 23.5. The number of thiophene rings is 1. The molecule has 0 bridgehead atoms. The van der Waals surface area contributed by atoms with Crippen molar-refractivity contribution in [3.63, 3.8) is 0 Å². The number of carboxylic acids is 1. The van der Waals surface area contributed by atoms with Gasteiger partial charge in [-0.2, -0.15) is 11.3 Å². The zero-order valence-corrected chi connectivity index (χ0v) is 15.5. The average Bonchev–Trinajstić information content (AvgIpc) is 3.31. The van der Waals surface area contributed by atoms with Crippen LogP contribution in [-0.2, 0) is 16.0 Å². The van der Waals surface area contributed by atoms with Crippen molar-refractivity contribution in [3.8, 4) is 11.5 Å². The smallest absolute Gasteiger partial charge is 0.305 e. The fourth-order valence-corrected chi connectivity index (χ4v) is 3.37. The van der Waals surface area contributed by atoms with Gasteiger partial charge in [-0.25, -0.2) is 0 Å². The van der Waals surface area contributed by atoms with Gasteiger partial charge in [-0.3, -0.25) is 9.59 Å². The molecule has 7 nitrogen and oxygen atoms in total. The van der Waals surface area contributed by atoms with Crippen molar-refractivity contribution in [1.82, 2.24) is 15.5 Å². The van der Waals surface area contributed by atoms with Gasteiger partial charge in [0, 0.05) is 23.8 Å². The van der Waals surface area contributed by atoms with E-state index in [2.05, 4.69) is 15.5 Å². The highest BCUT2D eigenvalue weighted by molar-refractivity contribution is 7.08. The second-order valence-electron chi connectivity index (χ2n) is 6.09. The van der Waals surface area contributed by atoms with Crippen LogP contribution in [0.5, 0.6) is 0 Å². The molecule has 3 rings (SSSR count). The number of carbonyl (C=O) groups is 2. The first-order valence-corrected chi connectivity index (χ1v) is 9.39. The molecule has 3 aromatic rings. The Labute approximate surface area is 160 Å². The number of nitrogens with one attached hydrogen (secondary N) is 1. The van der Waals surface area contributed by atoms with E-state index in [1.165, 1.54) is 11.3 Å². The first kappa shape index (κ1) is 18.8. The SMILES string of the molecule is Cc1ccccc1C(CC(=O)O)NC(=O)CCc1nnc(-c2ccsc2)o1. The zero-order chi connectivity index (χ0) is 19.2. The van der Waals surface area contributed by atoms with Crippen molar-refractivity contribution in [2.24, 2.45) is 0 Å². The first-order chi connectivity index (χ1) is 13.0. The van der Waals surface area contributed by atoms with E-state index in [4.69, 9.17) is 9.52 Å². The molecule has 0 aliphatic carbocycles. The Kier molecular flexibility index (Phi) is 5.97. The summed E-state index contributed by atoms with van der Waals surface area (Å²) in [7, 11) is 0. The number of aromatic nitrogens is 2. The molecule has 0 aliphatic heterocycles. The van der Waals surface area contributed by atoms with Gasteiger partial charge in [-0.1, -0.05) is 24.3 Å². The quantitative estimate of drug-likeness (QED) is 0.616. The van der Waals surface area contributed by atoms with Gasteiger partial charge in [0.25, 0.3) is 0 Å². The van der Waals surface area contributed by atoms with Crippen LogP contribution in [-0.4, -0.2) is 27.2 Å². The fourth-order valence-electron chi connectivity index (χ4n) is 2.74. The van der Waals surface area contributed by atoms with E-state index in [1.807, 2.05) is 48.0 Å². The van der Waals surface area contributed by atoms with E-state index in [0.29, 0.717) is 11.8 Å². The number of carbonyl (C=O) groups excluding carboxylic acids is 1. The third kappa shape index (κ3) is 5.01. The van der Waals surface area contributed by atoms with Gasteiger partial charge in [0.15, 0.2) is 0 Å². The molecule has 1 aromatic carbocycles. The molecule has 2 aromatic heterocycles. The Morgan fingerprint density at radius 3 is 2.78 bits per heavy atom. The monoisotopic (exact) mass is 385 g/mol. The van der Waals surface area contributed by atoms with Crippen LogP contribution in [0.1, 0.15) is 35.9 Å². The molecule has 0 saturated heterocycles. The van der Waals surface area contributed by atoms with Crippen molar-refractivity contribution in [2.45, 2.75) is 32.2 Å². The molecular weight excluding hydrogens is 366 g/mol. The molecule has 1 atom stereocenters. The number of benzene rings is 1. The Balaban J connectivity index is 1.61. The summed E-state index contributed by atoms with van der Waals surface area (Å²) in [6.45, 7) is 1.89. The summed E-state index contributed by atoms with van der Waals surface area (Å²) >= 11 is 1.53. The van der Waals surface area contributed by atoms with E-state index >= 15 is 0 Å². The second-order valence-corrected chi connectivity index (χ2v) is 6.87. The predicted octanol–water partition coefficient (Wildman–Crippen LogP) is 3.37. The largest absolute Gasteiger partial charge is 0.481 e. The Hall–Kier alpha value is -3.00. The number of amides is 1. The highest BCUT2D eigenvalue weighted by Crippen LogP contribution is 2.22. The summed E-state index contributed by atoms with van der Waals surface area (Å²) in [5, 5.41) is 23.7. The van der Waals surface area contributed by atoms with E-state index in [9.17, 15) is 9.59 Å². The number of rotatable bonds is 8. The molecule has 0 aliphatic rings. The van der Waals surface area contributed by atoms with Crippen molar-refractivity contribution < 1.29 is 19.1 Å². The fraction of sp³-hybridized carbons (Fsp3) is 0.263. The van der Waals surface area contributed by atoms with E-state index in [-0.39, 0.29) is 25.2 Å². The van der Waals surface area contributed by atoms with Crippen LogP contribution < -0.4 is 5.32 Å². The minimum atomic E-state index is -0.971. The third-order valence-corrected chi connectivity index (χ3v) is 4.76. The van der Waals surface area contributed by atoms with E-state index < -0.39 is 12.0 Å². The molecule has 0 fully saturated rings. The molecular formula is C19H19N3O4S. The maximum atomic E-state index is 12.3. The highest BCUT2D eigenvalue weighted by atomic mass is 32.1. The summed E-state index contributed by atoms with van der Waals surface area (Å²) in [6, 6.07) is 8.72. The third-order valence-electron chi connectivity index (χ3n) is 4.08. The predicted molar refractivity (Wildman–Crippen MR) is 100 cm³/mol. The molecule has 2 heterocycles. The van der Waals surface area contributed by atoms with Gasteiger partial charge in [0.2, 0.25) is 17.7 Å². The standard InChI is InChI=1S/C19H19N3O4S/c1-12-4-2-3-5-14(12)15(10-18(24)25)20-16(23)6-7-17-21-22-19(26-17)13-8-9-27-11-13/h2-5,8-9,11,15H,6-7,10H2,1H3,(H,20,23)(H,24,25). The molecule has 2 N–H and O–H groups in total. The molecule has 0 radical (unpaired) electrons. The summed E-state index contributed by atoms with van der Waals surface area (Å²) < 4.78 is 5.56. The molecule has 27 heavy (non-hydrogen) atoms. The average molecular weight is 385 g/mol. The van der Waals surface area contributed by atoms with Crippen molar-refractivity contribution in [1.29, 1.82) is 0 Å². The number of hydrogen-bond acceptors (Lipinski definition) is 6. The number of carboxylic acid groups (broad SMARTS) is 1.